The topological polar surface area (TPSA) is 88.5 Å². The van der Waals surface area contributed by atoms with Crippen molar-refractivity contribution in [3.8, 4) is 5.75 Å². The lowest BCUT2D eigenvalue weighted by molar-refractivity contribution is -0.384. The first kappa shape index (κ1) is 15.5. The van der Waals surface area contributed by atoms with E-state index in [-0.39, 0.29) is 10.8 Å². The van der Waals surface area contributed by atoms with Gasteiger partial charge in [-0.3, -0.25) is 21.0 Å². The van der Waals surface area contributed by atoms with E-state index in [4.69, 9.17) is 17.0 Å². The third kappa shape index (κ3) is 4.06. The molecule has 0 radical (unpaired) electrons. The number of para-hydroxylation sites is 2. The zero-order valence-corrected chi connectivity index (χ0v) is 12.5. The maximum absolute atomic E-state index is 10.9. The van der Waals surface area contributed by atoms with E-state index in [2.05, 4.69) is 16.2 Å². The maximum atomic E-state index is 10.9. The lowest BCUT2D eigenvalue weighted by Gasteiger charge is -2.13. The minimum Gasteiger partial charge on any atom is -0.497 e. The number of nitro benzene ring substituents is 1. The predicted molar refractivity (Wildman–Crippen MR) is 89.1 cm³/mol. The van der Waals surface area contributed by atoms with Gasteiger partial charge in [-0.1, -0.05) is 18.2 Å². The molecule has 2 aromatic carbocycles. The molecule has 0 bridgehead atoms. The average Bonchev–Trinajstić information content (AvgIpc) is 2.53. The van der Waals surface area contributed by atoms with Crippen molar-refractivity contribution in [3.63, 3.8) is 0 Å². The van der Waals surface area contributed by atoms with Crippen LogP contribution in [0, 0.1) is 10.1 Å². The first-order valence-corrected chi connectivity index (χ1v) is 6.71. The van der Waals surface area contributed by atoms with Gasteiger partial charge in [-0.25, -0.2) is 0 Å². The van der Waals surface area contributed by atoms with Crippen molar-refractivity contribution >= 4 is 34.4 Å². The van der Waals surface area contributed by atoms with Gasteiger partial charge in [0.15, 0.2) is 5.11 Å². The first-order chi connectivity index (χ1) is 10.6. The smallest absolute Gasteiger partial charge is 0.294 e. The fourth-order valence-electron chi connectivity index (χ4n) is 1.73. The number of ether oxygens (including phenoxy) is 1. The van der Waals surface area contributed by atoms with Crippen molar-refractivity contribution in [2.24, 2.45) is 0 Å². The number of hydrogen-bond acceptors (Lipinski definition) is 5. The molecule has 114 valence electrons. The molecule has 0 aliphatic carbocycles. The van der Waals surface area contributed by atoms with Crippen molar-refractivity contribution in [1.29, 1.82) is 0 Å². The summed E-state index contributed by atoms with van der Waals surface area (Å²) in [7, 11) is 1.58. The van der Waals surface area contributed by atoms with Gasteiger partial charge in [0, 0.05) is 17.8 Å². The van der Waals surface area contributed by atoms with Crippen LogP contribution in [0.25, 0.3) is 0 Å². The van der Waals surface area contributed by atoms with Gasteiger partial charge < -0.3 is 10.1 Å². The van der Waals surface area contributed by atoms with Crippen LogP contribution in [0.4, 0.5) is 17.1 Å². The van der Waals surface area contributed by atoms with Gasteiger partial charge >= 0.3 is 0 Å². The molecule has 0 saturated heterocycles. The van der Waals surface area contributed by atoms with E-state index >= 15 is 0 Å². The molecule has 0 heterocycles. The van der Waals surface area contributed by atoms with Crippen LogP contribution in [0.5, 0.6) is 5.75 Å². The molecular weight excluding hydrogens is 304 g/mol. The molecule has 3 N–H and O–H groups in total. The Morgan fingerprint density at radius 1 is 1.23 bits per heavy atom. The second kappa shape index (κ2) is 7.23. The molecule has 2 rings (SSSR count). The van der Waals surface area contributed by atoms with Gasteiger partial charge in [0.1, 0.15) is 11.4 Å². The van der Waals surface area contributed by atoms with Gasteiger partial charge in [-0.05, 0) is 30.4 Å². The molecule has 0 amide bonds. The van der Waals surface area contributed by atoms with E-state index in [0.717, 1.165) is 5.69 Å². The summed E-state index contributed by atoms with van der Waals surface area (Å²) < 4.78 is 5.11. The fourth-order valence-corrected chi connectivity index (χ4v) is 1.89. The monoisotopic (exact) mass is 318 g/mol. The predicted octanol–water partition coefficient (Wildman–Crippen LogP) is 2.92. The highest BCUT2D eigenvalue weighted by Crippen LogP contribution is 2.22. The first-order valence-electron chi connectivity index (χ1n) is 6.30. The summed E-state index contributed by atoms with van der Waals surface area (Å²) in [6.45, 7) is 0. The van der Waals surface area contributed by atoms with Crippen LogP contribution in [0.1, 0.15) is 0 Å². The zero-order chi connectivity index (χ0) is 15.9. The normalized spacial score (nSPS) is 9.68. The Morgan fingerprint density at radius 3 is 2.73 bits per heavy atom. The minimum absolute atomic E-state index is 0.0424. The van der Waals surface area contributed by atoms with Crippen LogP contribution in [0.15, 0.2) is 48.5 Å². The minimum atomic E-state index is -0.470. The van der Waals surface area contributed by atoms with E-state index < -0.39 is 4.92 Å². The van der Waals surface area contributed by atoms with Crippen LogP contribution in [0.2, 0.25) is 0 Å². The number of hydrazine groups is 1. The molecule has 7 nitrogen and oxygen atoms in total. The molecule has 0 atom stereocenters. The van der Waals surface area contributed by atoms with Crippen molar-refractivity contribution in [3.05, 3.63) is 58.6 Å². The van der Waals surface area contributed by atoms with Crippen molar-refractivity contribution in [2.45, 2.75) is 0 Å². The van der Waals surface area contributed by atoms with Crippen LogP contribution in [-0.4, -0.2) is 17.1 Å². The molecule has 8 heteroatoms. The SMILES string of the molecule is COc1cccc(NC(=S)NNc2ccccc2[N+](=O)[O-])c1. The molecule has 0 aliphatic rings. The van der Waals surface area contributed by atoms with E-state index in [1.54, 1.807) is 31.4 Å². The summed E-state index contributed by atoms with van der Waals surface area (Å²) in [5, 5.41) is 14.1. The summed E-state index contributed by atoms with van der Waals surface area (Å²) in [6.07, 6.45) is 0. The van der Waals surface area contributed by atoms with Crippen molar-refractivity contribution in [1.82, 2.24) is 5.43 Å². The molecule has 0 aromatic heterocycles. The number of methoxy groups -OCH3 is 1. The Kier molecular flexibility index (Phi) is 5.10. The van der Waals surface area contributed by atoms with Gasteiger partial charge in [-0.15, -0.1) is 0 Å². The van der Waals surface area contributed by atoms with Gasteiger partial charge in [0.2, 0.25) is 0 Å². The summed E-state index contributed by atoms with van der Waals surface area (Å²) in [4.78, 5) is 10.4. The average molecular weight is 318 g/mol. The van der Waals surface area contributed by atoms with E-state index in [1.165, 1.54) is 6.07 Å². The number of nitrogens with one attached hydrogen (secondary N) is 3. The Morgan fingerprint density at radius 2 is 2.00 bits per heavy atom. The lowest BCUT2D eigenvalue weighted by Crippen LogP contribution is -2.33. The lowest BCUT2D eigenvalue weighted by atomic mass is 10.3. The Labute approximate surface area is 132 Å². The van der Waals surface area contributed by atoms with Gasteiger partial charge in [0.05, 0.1) is 12.0 Å². The fraction of sp³-hybridized carbons (Fsp3) is 0.0714. The molecule has 0 spiro atoms. The second-order valence-corrected chi connectivity index (χ2v) is 4.62. The molecule has 0 saturated carbocycles. The third-order valence-electron chi connectivity index (χ3n) is 2.74. The quantitative estimate of drug-likeness (QED) is 0.444. The van der Waals surface area contributed by atoms with Crippen LogP contribution >= 0.6 is 12.2 Å². The molecule has 2 aromatic rings. The summed E-state index contributed by atoms with van der Waals surface area (Å²) in [5.41, 5.74) is 6.44. The number of nitrogens with zero attached hydrogens (tertiary/aromatic N) is 1. The van der Waals surface area contributed by atoms with Crippen LogP contribution in [-0.2, 0) is 0 Å². The Balaban J connectivity index is 1.97. The van der Waals surface area contributed by atoms with E-state index in [1.807, 2.05) is 18.2 Å². The van der Waals surface area contributed by atoms with Crippen LogP contribution in [0.3, 0.4) is 0 Å². The highest BCUT2D eigenvalue weighted by Gasteiger charge is 2.11. The number of nitro groups is 1. The van der Waals surface area contributed by atoms with Crippen molar-refractivity contribution < 1.29 is 9.66 Å². The molecule has 22 heavy (non-hydrogen) atoms. The van der Waals surface area contributed by atoms with Gasteiger partial charge in [0.25, 0.3) is 5.69 Å². The number of anilines is 2. The zero-order valence-electron chi connectivity index (χ0n) is 11.7. The number of thiocarbonyl (C=S) groups is 1. The summed E-state index contributed by atoms with van der Waals surface area (Å²) in [6, 6.07) is 13.5. The van der Waals surface area contributed by atoms with Gasteiger partial charge in [-0.2, -0.15) is 0 Å². The molecule has 0 aliphatic heterocycles. The molecule has 0 unspecified atom stereocenters. The van der Waals surface area contributed by atoms with E-state index in [0.29, 0.717) is 11.4 Å². The molecule has 0 fully saturated rings. The largest absolute Gasteiger partial charge is 0.497 e. The number of rotatable bonds is 5. The van der Waals surface area contributed by atoms with E-state index in [9.17, 15) is 10.1 Å². The number of benzene rings is 2. The Hall–Kier alpha value is -2.87. The molecular formula is C14H14N4O3S. The second-order valence-electron chi connectivity index (χ2n) is 4.21. The highest BCUT2D eigenvalue weighted by atomic mass is 32.1. The highest BCUT2D eigenvalue weighted by molar-refractivity contribution is 7.80. The van der Waals surface area contributed by atoms with Crippen molar-refractivity contribution in [2.75, 3.05) is 17.9 Å². The summed E-state index contributed by atoms with van der Waals surface area (Å²) in [5.74, 6) is 0.694. The third-order valence-corrected chi connectivity index (χ3v) is 2.94. The number of hydrogen-bond donors (Lipinski definition) is 3. The maximum Gasteiger partial charge on any atom is 0.294 e. The Bertz CT molecular complexity index is 693. The van der Waals surface area contributed by atoms with Crippen LogP contribution < -0.4 is 20.9 Å². The standard InChI is InChI=1S/C14H14N4O3S/c1-21-11-6-4-5-10(9-11)15-14(22)17-16-12-7-2-3-8-13(12)18(19)20/h2-9,16H,1H3,(H2,15,17,22). The summed E-state index contributed by atoms with van der Waals surface area (Å²) >= 11 is 5.13.